The molecule has 11 heavy (non-hydrogen) atoms. The molecule has 2 nitrogen and oxygen atoms in total. The first kappa shape index (κ1) is 8.34. The molecule has 0 saturated heterocycles. The number of hydrogen-bond donors (Lipinski definition) is 1. The number of rotatable bonds is 2. The Morgan fingerprint density at radius 2 is 2.18 bits per heavy atom. The maximum absolute atomic E-state index is 5.72. The van der Waals surface area contributed by atoms with Crippen LogP contribution in [0.4, 0.5) is 0 Å². The van der Waals surface area contributed by atoms with Crippen LogP contribution in [0.15, 0.2) is 23.5 Å². The van der Waals surface area contributed by atoms with E-state index in [9.17, 15) is 0 Å². The second kappa shape index (κ2) is 3.58. The van der Waals surface area contributed by atoms with E-state index in [1.807, 2.05) is 6.92 Å². The van der Waals surface area contributed by atoms with Crippen LogP contribution >= 0.6 is 0 Å². The van der Waals surface area contributed by atoms with Gasteiger partial charge in [0, 0.05) is 12.5 Å². The van der Waals surface area contributed by atoms with E-state index in [0.717, 1.165) is 18.6 Å². The van der Waals surface area contributed by atoms with Gasteiger partial charge >= 0.3 is 0 Å². The Labute approximate surface area is 67.7 Å². The van der Waals surface area contributed by atoms with E-state index in [0.29, 0.717) is 0 Å². The predicted octanol–water partition coefficient (Wildman–Crippen LogP) is 1.58. The average Bonchev–Trinajstić information content (AvgIpc) is 2.05. The standard InChI is InChI=1S/C9H15NO/c1-7(10)8-3-5-9(11-2)6-4-8/h3,6-7H,4-5,10H2,1-2H3. The molecule has 62 valence electrons. The van der Waals surface area contributed by atoms with Gasteiger partial charge in [-0.1, -0.05) is 11.6 Å². The van der Waals surface area contributed by atoms with Crippen LogP contribution in [0.5, 0.6) is 0 Å². The van der Waals surface area contributed by atoms with Crippen molar-refractivity contribution >= 4 is 0 Å². The van der Waals surface area contributed by atoms with E-state index >= 15 is 0 Å². The first-order valence-electron chi connectivity index (χ1n) is 3.91. The minimum atomic E-state index is 0.185. The van der Waals surface area contributed by atoms with Gasteiger partial charge in [-0.15, -0.1) is 0 Å². The Morgan fingerprint density at radius 1 is 1.45 bits per heavy atom. The lowest BCUT2D eigenvalue weighted by atomic mass is 9.99. The van der Waals surface area contributed by atoms with Crippen LogP contribution in [0, 0.1) is 0 Å². The molecule has 0 saturated carbocycles. The summed E-state index contributed by atoms with van der Waals surface area (Å²) in [5.74, 6) is 1.05. The Kier molecular flexibility index (Phi) is 2.71. The Balaban J connectivity index is 2.50. The number of nitrogens with two attached hydrogens (primary N) is 1. The van der Waals surface area contributed by atoms with E-state index < -0.39 is 0 Å². The minimum absolute atomic E-state index is 0.185. The molecule has 0 radical (unpaired) electrons. The average molecular weight is 153 g/mol. The molecule has 1 aliphatic carbocycles. The third-order valence-electron chi connectivity index (χ3n) is 1.98. The van der Waals surface area contributed by atoms with Crippen LogP contribution in [0.25, 0.3) is 0 Å². The lowest BCUT2D eigenvalue weighted by Crippen LogP contribution is -2.18. The van der Waals surface area contributed by atoms with Gasteiger partial charge in [0.05, 0.1) is 12.9 Å². The lowest BCUT2D eigenvalue weighted by molar-refractivity contribution is 0.281. The molecule has 0 amide bonds. The summed E-state index contributed by atoms with van der Waals surface area (Å²) in [4.78, 5) is 0. The molecule has 1 aliphatic rings. The van der Waals surface area contributed by atoms with Crippen LogP contribution in [0.3, 0.4) is 0 Å². The van der Waals surface area contributed by atoms with Crippen molar-refractivity contribution in [3.8, 4) is 0 Å². The van der Waals surface area contributed by atoms with Crippen LogP contribution in [-0.2, 0) is 4.74 Å². The van der Waals surface area contributed by atoms with Crippen molar-refractivity contribution in [2.45, 2.75) is 25.8 Å². The largest absolute Gasteiger partial charge is 0.501 e. The normalized spacial score (nSPS) is 20.3. The molecule has 0 spiro atoms. The molecule has 1 atom stereocenters. The molecule has 0 heterocycles. The van der Waals surface area contributed by atoms with E-state index in [-0.39, 0.29) is 6.04 Å². The maximum atomic E-state index is 5.72. The van der Waals surface area contributed by atoms with Gasteiger partial charge in [-0.3, -0.25) is 0 Å². The second-order valence-corrected chi connectivity index (χ2v) is 2.85. The van der Waals surface area contributed by atoms with Crippen molar-refractivity contribution in [2.24, 2.45) is 5.73 Å². The van der Waals surface area contributed by atoms with Gasteiger partial charge < -0.3 is 10.5 Å². The summed E-state index contributed by atoms with van der Waals surface area (Å²) >= 11 is 0. The van der Waals surface area contributed by atoms with Gasteiger partial charge in [0.1, 0.15) is 0 Å². The quantitative estimate of drug-likeness (QED) is 0.611. The smallest absolute Gasteiger partial charge is 0.0956 e. The van der Waals surface area contributed by atoms with Gasteiger partial charge in [0.15, 0.2) is 0 Å². The fraction of sp³-hybridized carbons (Fsp3) is 0.556. The van der Waals surface area contributed by atoms with Crippen molar-refractivity contribution < 1.29 is 4.74 Å². The topological polar surface area (TPSA) is 35.2 Å². The van der Waals surface area contributed by atoms with Crippen molar-refractivity contribution in [3.05, 3.63) is 23.5 Å². The Morgan fingerprint density at radius 3 is 2.55 bits per heavy atom. The van der Waals surface area contributed by atoms with Gasteiger partial charge in [-0.05, 0) is 19.4 Å². The molecule has 1 unspecified atom stereocenters. The summed E-state index contributed by atoms with van der Waals surface area (Å²) in [6.45, 7) is 2.01. The number of methoxy groups -OCH3 is 1. The number of hydrogen-bond acceptors (Lipinski definition) is 2. The SMILES string of the molecule is COC1=CCC(C(C)N)=CC1. The highest BCUT2D eigenvalue weighted by atomic mass is 16.5. The molecule has 1 rings (SSSR count). The molecular formula is C9H15NO. The summed E-state index contributed by atoms with van der Waals surface area (Å²) in [5, 5.41) is 0. The second-order valence-electron chi connectivity index (χ2n) is 2.85. The van der Waals surface area contributed by atoms with E-state index in [4.69, 9.17) is 10.5 Å². The third-order valence-corrected chi connectivity index (χ3v) is 1.98. The Hall–Kier alpha value is -0.760. The molecular weight excluding hydrogens is 138 g/mol. The van der Waals surface area contributed by atoms with Crippen molar-refractivity contribution in [1.82, 2.24) is 0 Å². The number of allylic oxidation sites excluding steroid dienone is 2. The first-order chi connectivity index (χ1) is 5.24. The molecule has 0 fully saturated rings. The molecule has 0 aromatic rings. The Bertz CT molecular complexity index is 192. The van der Waals surface area contributed by atoms with Gasteiger partial charge in [-0.25, -0.2) is 0 Å². The predicted molar refractivity (Wildman–Crippen MR) is 46.1 cm³/mol. The van der Waals surface area contributed by atoms with Crippen LogP contribution < -0.4 is 5.73 Å². The van der Waals surface area contributed by atoms with Gasteiger partial charge in [0.25, 0.3) is 0 Å². The minimum Gasteiger partial charge on any atom is -0.501 e. The third kappa shape index (κ3) is 2.09. The van der Waals surface area contributed by atoms with Crippen LogP contribution in [-0.4, -0.2) is 13.2 Å². The van der Waals surface area contributed by atoms with Crippen molar-refractivity contribution in [3.63, 3.8) is 0 Å². The summed E-state index contributed by atoms with van der Waals surface area (Å²) in [6.07, 6.45) is 6.09. The summed E-state index contributed by atoms with van der Waals surface area (Å²) < 4.78 is 5.09. The first-order valence-corrected chi connectivity index (χ1v) is 3.91. The molecule has 0 bridgehead atoms. The highest BCUT2D eigenvalue weighted by Crippen LogP contribution is 2.18. The fourth-order valence-corrected chi connectivity index (χ4v) is 1.17. The summed E-state index contributed by atoms with van der Waals surface area (Å²) in [5.41, 5.74) is 7.03. The van der Waals surface area contributed by atoms with Crippen molar-refractivity contribution in [2.75, 3.05) is 7.11 Å². The van der Waals surface area contributed by atoms with Crippen molar-refractivity contribution in [1.29, 1.82) is 0 Å². The van der Waals surface area contributed by atoms with Crippen LogP contribution in [0.2, 0.25) is 0 Å². The molecule has 0 aromatic carbocycles. The monoisotopic (exact) mass is 153 g/mol. The maximum Gasteiger partial charge on any atom is 0.0956 e. The summed E-state index contributed by atoms with van der Waals surface area (Å²) in [7, 11) is 1.70. The van der Waals surface area contributed by atoms with E-state index in [1.54, 1.807) is 7.11 Å². The summed E-state index contributed by atoms with van der Waals surface area (Å²) in [6, 6.07) is 0.185. The highest BCUT2D eigenvalue weighted by Gasteiger charge is 2.07. The lowest BCUT2D eigenvalue weighted by Gasteiger charge is -2.15. The van der Waals surface area contributed by atoms with E-state index in [2.05, 4.69) is 12.2 Å². The number of ether oxygens (including phenoxy) is 1. The molecule has 2 N–H and O–H groups in total. The van der Waals surface area contributed by atoms with Gasteiger partial charge in [-0.2, -0.15) is 0 Å². The van der Waals surface area contributed by atoms with Crippen LogP contribution in [0.1, 0.15) is 19.8 Å². The van der Waals surface area contributed by atoms with Gasteiger partial charge in [0.2, 0.25) is 0 Å². The fourth-order valence-electron chi connectivity index (χ4n) is 1.17. The highest BCUT2D eigenvalue weighted by molar-refractivity contribution is 5.21. The van der Waals surface area contributed by atoms with E-state index in [1.165, 1.54) is 5.57 Å². The molecule has 2 heteroatoms. The molecule has 0 aliphatic heterocycles. The zero-order chi connectivity index (χ0) is 8.27. The zero-order valence-corrected chi connectivity index (χ0v) is 7.13. The zero-order valence-electron chi connectivity index (χ0n) is 7.13. The molecule has 0 aromatic heterocycles.